The fraction of sp³-hybridized carbons (Fsp3) is 0.571. The first-order valence-electron chi connectivity index (χ1n) is 6.90. The van der Waals surface area contributed by atoms with Crippen LogP contribution in [0.25, 0.3) is 0 Å². The van der Waals surface area contributed by atoms with Crippen molar-refractivity contribution in [2.24, 2.45) is 5.92 Å². The zero-order valence-corrected chi connectivity index (χ0v) is 14.9. The number of piperazine rings is 1. The molecule has 1 aromatic rings. The summed E-state index contributed by atoms with van der Waals surface area (Å²) in [6.07, 6.45) is 2.49. The number of aromatic hydroxyl groups is 1. The average Bonchev–Trinajstić information content (AvgIpc) is 3.24. The van der Waals surface area contributed by atoms with Gasteiger partial charge in [-0.15, -0.1) is 24.8 Å². The van der Waals surface area contributed by atoms with Gasteiger partial charge >= 0.3 is 0 Å². The predicted octanol–water partition coefficient (Wildman–Crippen LogP) is 2.94. The Labute approximate surface area is 146 Å². The van der Waals surface area contributed by atoms with Gasteiger partial charge in [-0.25, -0.2) is 0 Å². The molecule has 0 amide bonds. The minimum Gasteiger partial charge on any atom is -0.505 e. The van der Waals surface area contributed by atoms with E-state index in [0.29, 0.717) is 17.6 Å². The van der Waals surface area contributed by atoms with Gasteiger partial charge in [-0.3, -0.25) is 4.90 Å². The number of rotatable bonds is 3. The van der Waals surface area contributed by atoms with Gasteiger partial charge in [0.2, 0.25) is 0 Å². The molecule has 1 aliphatic carbocycles. The Hall–Kier alpha value is -0.200. The quantitative estimate of drug-likeness (QED) is 0.541. The maximum Gasteiger partial charge on any atom is 0.144 e. The smallest absolute Gasteiger partial charge is 0.144 e. The molecule has 120 valence electrons. The molecule has 1 aliphatic heterocycles. The van der Waals surface area contributed by atoms with E-state index in [1.165, 1.54) is 12.8 Å². The molecule has 21 heavy (non-hydrogen) atoms. The van der Waals surface area contributed by atoms with Gasteiger partial charge in [0, 0.05) is 42.3 Å². The van der Waals surface area contributed by atoms with Crippen LogP contribution in [-0.2, 0) is 0 Å². The van der Waals surface area contributed by atoms with Crippen molar-refractivity contribution in [1.29, 1.82) is 0 Å². The lowest BCUT2D eigenvalue weighted by molar-refractivity contribution is 0.153. The Morgan fingerprint density at radius 2 is 1.86 bits per heavy atom. The van der Waals surface area contributed by atoms with Crippen molar-refractivity contribution in [2.75, 3.05) is 31.9 Å². The standard InChI is InChI=1S/C14H20BrN3O.2ClH/c15-10-3-4-11(16)14(19)12(10)13(9-1-2-9)18-7-5-17-6-8-18;;/h3-4,9,13,17,19H,1-2,5-8,16H2;2*1H/t13-;;/m0../s1. The number of hydrogen-bond acceptors (Lipinski definition) is 4. The minimum absolute atomic E-state index is 0. The van der Waals surface area contributed by atoms with Crippen molar-refractivity contribution in [3.8, 4) is 5.75 Å². The fourth-order valence-electron chi connectivity index (χ4n) is 2.97. The molecule has 1 saturated heterocycles. The van der Waals surface area contributed by atoms with Gasteiger partial charge < -0.3 is 16.2 Å². The largest absolute Gasteiger partial charge is 0.505 e. The topological polar surface area (TPSA) is 61.5 Å². The normalized spacial score (nSPS) is 20.2. The van der Waals surface area contributed by atoms with Crippen LogP contribution in [0.4, 0.5) is 5.69 Å². The second-order valence-electron chi connectivity index (χ2n) is 5.47. The van der Waals surface area contributed by atoms with Crippen LogP contribution in [-0.4, -0.2) is 36.2 Å². The third-order valence-electron chi connectivity index (χ3n) is 4.10. The molecule has 0 radical (unpaired) electrons. The van der Waals surface area contributed by atoms with Crippen LogP contribution in [0.5, 0.6) is 5.75 Å². The van der Waals surface area contributed by atoms with Crippen molar-refractivity contribution in [1.82, 2.24) is 10.2 Å². The summed E-state index contributed by atoms with van der Waals surface area (Å²) < 4.78 is 0.967. The Bertz CT molecular complexity index is 480. The summed E-state index contributed by atoms with van der Waals surface area (Å²) in [6.45, 7) is 4.09. The summed E-state index contributed by atoms with van der Waals surface area (Å²) in [4.78, 5) is 2.48. The molecular weight excluding hydrogens is 377 g/mol. The number of hydrogen-bond donors (Lipinski definition) is 3. The summed E-state index contributed by atoms with van der Waals surface area (Å²) in [5, 5.41) is 13.7. The third-order valence-corrected chi connectivity index (χ3v) is 4.80. The van der Waals surface area contributed by atoms with Crippen molar-refractivity contribution in [3.63, 3.8) is 0 Å². The van der Waals surface area contributed by atoms with Crippen molar-refractivity contribution < 1.29 is 5.11 Å². The van der Waals surface area contributed by atoms with E-state index in [-0.39, 0.29) is 30.6 Å². The molecule has 1 heterocycles. The molecule has 2 fully saturated rings. The SMILES string of the molecule is Cl.Cl.Nc1ccc(Br)c([C@H](C2CC2)N2CCNCC2)c1O. The molecule has 7 heteroatoms. The van der Waals surface area contributed by atoms with Gasteiger partial charge in [0.15, 0.2) is 0 Å². The van der Waals surface area contributed by atoms with E-state index in [4.69, 9.17) is 5.73 Å². The lowest BCUT2D eigenvalue weighted by Crippen LogP contribution is -2.45. The van der Waals surface area contributed by atoms with Crippen LogP contribution in [0, 0.1) is 5.92 Å². The maximum atomic E-state index is 10.4. The highest BCUT2D eigenvalue weighted by molar-refractivity contribution is 9.10. The van der Waals surface area contributed by atoms with E-state index in [1.807, 2.05) is 6.07 Å². The van der Waals surface area contributed by atoms with E-state index in [9.17, 15) is 5.11 Å². The average molecular weight is 399 g/mol. The number of benzene rings is 1. The number of nitrogens with one attached hydrogen (secondary N) is 1. The molecule has 3 rings (SSSR count). The maximum absolute atomic E-state index is 10.4. The number of nitrogens with two attached hydrogens (primary N) is 1. The highest BCUT2D eigenvalue weighted by Gasteiger charge is 2.39. The number of phenolic OH excluding ortho intramolecular Hbond substituents is 1. The molecule has 0 aromatic heterocycles. The van der Waals surface area contributed by atoms with Gasteiger partial charge in [-0.2, -0.15) is 0 Å². The minimum atomic E-state index is 0. The second kappa shape index (κ2) is 7.88. The molecule has 0 bridgehead atoms. The van der Waals surface area contributed by atoms with Crippen molar-refractivity contribution >= 4 is 46.4 Å². The van der Waals surface area contributed by atoms with Crippen LogP contribution >= 0.6 is 40.7 Å². The molecule has 1 atom stereocenters. The van der Waals surface area contributed by atoms with Gasteiger partial charge in [0.1, 0.15) is 5.75 Å². The van der Waals surface area contributed by atoms with Crippen LogP contribution in [0.1, 0.15) is 24.4 Å². The van der Waals surface area contributed by atoms with Crippen molar-refractivity contribution in [3.05, 3.63) is 22.2 Å². The van der Waals surface area contributed by atoms with E-state index in [2.05, 4.69) is 26.1 Å². The third kappa shape index (κ3) is 3.96. The van der Waals surface area contributed by atoms with Crippen LogP contribution in [0.15, 0.2) is 16.6 Å². The molecule has 2 aliphatic rings. The van der Waals surface area contributed by atoms with Gasteiger partial charge in [-0.05, 0) is 30.9 Å². The first kappa shape index (κ1) is 18.8. The number of anilines is 1. The van der Waals surface area contributed by atoms with E-state index in [1.54, 1.807) is 6.07 Å². The number of halogens is 3. The zero-order valence-electron chi connectivity index (χ0n) is 11.7. The molecule has 1 aromatic carbocycles. The molecule has 4 N–H and O–H groups in total. The number of nitrogen functional groups attached to an aromatic ring is 1. The number of phenols is 1. The lowest BCUT2D eigenvalue weighted by Gasteiger charge is -2.36. The van der Waals surface area contributed by atoms with E-state index in [0.717, 1.165) is 36.2 Å². The highest BCUT2D eigenvalue weighted by Crippen LogP contribution is 2.50. The Balaban J connectivity index is 0.00000110. The first-order chi connectivity index (χ1) is 9.18. The number of nitrogens with zero attached hydrogens (tertiary/aromatic N) is 1. The Morgan fingerprint density at radius 3 is 2.43 bits per heavy atom. The lowest BCUT2D eigenvalue weighted by atomic mass is 9.98. The molecule has 4 nitrogen and oxygen atoms in total. The van der Waals surface area contributed by atoms with Crippen molar-refractivity contribution in [2.45, 2.75) is 18.9 Å². The first-order valence-corrected chi connectivity index (χ1v) is 7.69. The summed E-state index contributed by atoms with van der Waals surface area (Å²) in [6, 6.07) is 3.99. The Morgan fingerprint density at radius 1 is 1.24 bits per heavy atom. The molecular formula is C14H22BrCl2N3O. The summed E-state index contributed by atoms with van der Waals surface area (Å²) in [5.41, 5.74) is 7.32. The highest BCUT2D eigenvalue weighted by atomic mass is 79.9. The molecule has 0 spiro atoms. The monoisotopic (exact) mass is 397 g/mol. The summed E-state index contributed by atoms with van der Waals surface area (Å²) in [7, 11) is 0. The van der Waals surface area contributed by atoms with Crippen LogP contribution < -0.4 is 11.1 Å². The van der Waals surface area contributed by atoms with Gasteiger partial charge in [-0.1, -0.05) is 15.9 Å². The molecule has 0 unspecified atom stereocenters. The summed E-state index contributed by atoms with van der Waals surface area (Å²) >= 11 is 3.59. The van der Waals surface area contributed by atoms with Gasteiger partial charge in [0.25, 0.3) is 0 Å². The van der Waals surface area contributed by atoms with Gasteiger partial charge in [0.05, 0.1) is 5.69 Å². The van der Waals surface area contributed by atoms with E-state index >= 15 is 0 Å². The predicted molar refractivity (Wildman–Crippen MR) is 94.6 cm³/mol. The van der Waals surface area contributed by atoms with Crippen LogP contribution in [0.3, 0.4) is 0 Å². The second-order valence-corrected chi connectivity index (χ2v) is 6.32. The van der Waals surface area contributed by atoms with Crippen LogP contribution in [0.2, 0.25) is 0 Å². The zero-order chi connectivity index (χ0) is 13.4. The summed E-state index contributed by atoms with van der Waals surface area (Å²) in [5.74, 6) is 0.909. The fourth-order valence-corrected chi connectivity index (χ4v) is 3.52. The van der Waals surface area contributed by atoms with E-state index < -0.39 is 0 Å². The molecule has 1 saturated carbocycles. The Kier molecular flexibility index (Phi) is 7.07.